The molecule has 0 spiro atoms. The number of hydrogen-bond acceptors (Lipinski definition) is 5. The molecule has 0 saturated carbocycles. The minimum absolute atomic E-state index is 0.0169. The van der Waals surface area contributed by atoms with Gasteiger partial charge in [-0.1, -0.05) is 67.7 Å². The zero-order chi connectivity index (χ0) is 23.5. The number of aromatic nitrogens is 1. The molecular formula is C24H24Cl2N2O4. The van der Waals surface area contributed by atoms with Gasteiger partial charge in [-0.15, -0.1) is 0 Å². The Kier molecular flexibility index (Phi) is 10.2. The van der Waals surface area contributed by atoms with Gasteiger partial charge >= 0.3 is 6.15 Å². The minimum Gasteiger partial charge on any atom is -0.436 e. The van der Waals surface area contributed by atoms with Crippen LogP contribution in [-0.2, 0) is 22.4 Å². The van der Waals surface area contributed by atoms with E-state index in [-0.39, 0.29) is 23.9 Å². The van der Waals surface area contributed by atoms with Gasteiger partial charge < -0.3 is 9.73 Å². The third-order valence-electron chi connectivity index (χ3n) is 4.73. The van der Waals surface area contributed by atoms with Crippen LogP contribution in [0, 0.1) is 0 Å². The molecule has 8 heteroatoms. The van der Waals surface area contributed by atoms with Crippen LogP contribution in [0.15, 0.2) is 53.1 Å². The molecule has 0 saturated heterocycles. The van der Waals surface area contributed by atoms with Crippen molar-refractivity contribution in [2.75, 3.05) is 0 Å². The summed E-state index contributed by atoms with van der Waals surface area (Å²) in [6, 6.07) is 13.6. The fourth-order valence-electron chi connectivity index (χ4n) is 3.23. The lowest BCUT2D eigenvalue weighted by molar-refractivity contribution is -0.191. The van der Waals surface area contributed by atoms with Crippen molar-refractivity contribution < 1.29 is 18.8 Å². The summed E-state index contributed by atoms with van der Waals surface area (Å²) in [5.74, 6) is 0.601. The molecule has 0 aliphatic heterocycles. The molecule has 6 nitrogen and oxygen atoms in total. The van der Waals surface area contributed by atoms with Crippen LogP contribution in [0.4, 0.5) is 0 Å². The Morgan fingerprint density at radius 1 is 1.12 bits per heavy atom. The molecule has 32 heavy (non-hydrogen) atoms. The van der Waals surface area contributed by atoms with Crippen molar-refractivity contribution in [2.24, 2.45) is 0 Å². The van der Waals surface area contributed by atoms with Crippen LogP contribution in [-0.4, -0.2) is 23.1 Å². The van der Waals surface area contributed by atoms with Gasteiger partial charge in [0.25, 0.3) is 5.91 Å². The zero-order valence-electron chi connectivity index (χ0n) is 17.9. The summed E-state index contributed by atoms with van der Waals surface area (Å²) in [5, 5.41) is 4.39. The maximum Gasteiger partial charge on any atom is 0.373 e. The number of nitrogens with zero attached hydrogens (tertiary/aromatic N) is 1. The summed E-state index contributed by atoms with van der Waals surface area (Å²) in [4.78, 5) is 32.8. The molecule has 3 rings (SSSR count). The number of aryl methyl sites for hydroxylation is 1. The van der Waals surface area contributed by atoms with E-state index in [9.17, 15) is 4.79 Å². The van der Waals surface area contributed by atoms with Gasteiger partial charge in [0.15, 0.2) is 5.89 Å². The van der Waals surface area contributed by atoms with Gasteiger partial charge in [-0.05, 0) is 42.2 Å². The molecule has 0 radical (unpaired) electrons. The molecule has 1 heterocycles. The van der Waals surface area contributed by atoms with Crippen molar-refractivity contribution in [3.8, 4) is 11.1 Å². The zero-order valence-corrected chi connectivity index (χ0v) is 19.4. The molecule has 1 aromatic heterocycles. The van der Waals surface area contributed by atoms with Crippen molar-refractivity contribution in [3.63, 3.8) is 0 Å². The normalized spacial score (nSPS) is 11.1. The number of amides is 1. The second kappa shape index (κ2) is 12.8. The lowest BCUT2D eigenvalue weighted by Crippen LogP contribution is -2.36. The molecule has 0 aliphatic carbocycles. The van der Waals surface area contributed by atoms with Gasteiger partial charge in [-0.3, -0.25) is 4.79 Å². The molecule has 0 bridgehead atoms. The second-order valence-electron chi connectivity index (χ2n) is 7.04. The van der Waals surface area contributed by atoms with Crippen LogP contribution < -0.4 is 5.32 Å². The standard InChI is InChI=1S/C23H24Cl2N2O2.CO2/c1-3-5-18(27-23(28)21-14-26-22(4-2)29-21)12-15-6-8-16(9-7-15)19-13-17(24)10-11-20(19)25;2-1-3/h6-11,13-14,18H,3-5,12H2,1-2H3,(H,27,28);/t18-;/m0./s1. The monoisotopic (exact) mass is 474 g/mol. The third-order valence-corrected chi connectivity index (χ3v) is 5.29. The largest absolute Gasteiger partial charge is 0.436 e. The summed E-state index contributed by atoms with van der Waals surface area (Å²) in [5.41, 5.74) is 3.05. The third kappa shape index (κ3) is 7.34. The highest BCUT2D eigenvalue weighted by atomic mass is 35.5. The number of halogens is 2. The highest BCUT2D eigenvalue weighted by Crippen LogP contribution is 2.30. The number of carbonyl (C=O) groups is 1. The smallest absolute Gasteiger partial charge is 0.373 e. The minimum atomic E-state index is -0.224. The topological polar surface area (TPSA) is 89.3 Å². The van der Waals surface area contributed by atoms with E-state index in [4.69, 9.17) is 37.2 Å². The number of hydrogen-bond donors (Lipinski definition) is 1. The average molecular weight is 475 g/mol. The first kappa shape index (κ1) is 25.3. The predicted octanol–water partition coefficient (Wildman–Crippen LogP) is 5.77. The highest BCUT2D eigenvalue weighted by molar-refractivity contribution is 6.35. The molecule has 0 fully saturated rings. The van der Waals surface area contributed by atoms with Gasteiger partial charge in [0.05, 0.1) is 6.20 Å². The maximum absolute atomic E-state index is 12.5. The van der Waals surface area contributed by atoms with Crippen molar-refractivity contribution >= 4 is 35.3 Å². The van der Waals surface area contributed by atoms with E-state index in [1.165, 1.54) is 6.20 Å². The number of carbonyl (C=O) groups excluding carboxylic acids is 3. The summed E-state index contributed by atoms with van der Waals surface area (Å²) in [6.45, 7) is 4.04. The summed E-state index contributed by atoms with van der Waals surface area (Å²) in [6.07, 6.45) is 4.98. The number of oxazole rings is 1. The molecule has 2 aromatic carbocycles. The quantitative estimate of drug-likeness (QED) is 0.447. The molecule has 0 aliphatic rings. The Morgan fingerprint density at radius 2 is 1.81 bits per heavy atom. The number of nitrogens with one attached hydrogen (secondary N) is 1. The predicted molar refractivity (Wildman–Crippen MR) is 123 cm³/mol. The van der Waals surface area contributed by atoms with E-state index >= 15 is 0 Å². The number of rotatable bonds is 8. The first-order chi connectivity index (χ1) is 15.4. The lowest BCUT2D eigenvalue weighted by atomic mass is 9.98. The summed E-state index contributed by atoms with van der Waals surface area (Å²) >= 11 is 12.4. The molecular weight excluding hydrogens is 451 g/mol. The molecule has 1 atom stereocenters. The fraction of sp³-hybridized carbons (Fsp3) is 0.292. The van der Waals surface area contributed by atoms with Crippen LogP contribution in [0.5, 0.6) is 0 Å². The van der Waals surface area contributed by atoms with E-state index in [1.54, 1.807) is 12.1 Å². The van der Waals surface area contributed by atoms with Crippen LogP contribution in [0.3, 0.4) is 0 Å². The average Bonchev–Trinajstić information content (AvgIpc) is 3.26. The Balaban J connectivity index is 0.00000114. The van der Waals surface area contributed by atoms with Gasteiger partial charge in [-0.25, -0.2) is 4.98 Å². The second-order valence-corrected chi connectivity index (χ2v) is 7.88. The Hall–Kier alpha value is -2.92. The van der Waals surface area contributed by atoms with Crippen LogP contribution in [0.2, 0.25) is 10.0 Å². The first-order valence-corrected chi connectivity index (χ1v) is 11.0. The van der Waals surface area contributed by atoms with Gasteiger partial charge in [-0.2, -0.15) is 9.59 Å². The fourth-order valence-corrected chi connectivity index (χ4v) is 3.63. The van der Waals surface area contributed by atoms with Crippen LogP contribution in [0.25, 0.3) is 11.1 Å². The van der Waals surface area contributed by atoms with Gasteiger partial charge in [0.1, 0.15) is 0 Å². The maximum atomic E-state index is 12.5. The van der Waals surface area contributed by atoms with Crippen LogP contribution >= 0.6 is 23.2 Å². The van der Waals surface area contributed by atoms with E-state index in [2.05, 4.69) is 29.4 Å². The molecule has 3 aromatic rings. The van der Waals surface area contributed by atoms with Gasteiger partial charge in [0.2, 0.25) is 5.76 Å². The van der Waals surface area contributed by atoms with Crippen molar-refractivity contribution in [3.05, 3.63) is 75.9 Å². The van der Waals surface area contributed by atoms with E-state index in [1.807, 2.05) is 25.1 Å². The van der Waals surface area contributed by atoms with Crippen molar-refractivity contribution in [1.29, 1.82) is 0 Å². The van der Waals surface area contributed by atoms with Crippen LogP contribution in [0.1, 0.15) is 48.7 Å². The number of benzene rings is 2. The summed E-state index contributed by atoms with van der Waals surface area (Å²) in [7, 11) is 0. The molecule has 1 amide bonds. The van der Waals surface area contributed by atoms with E-state index in [0.717, 1.165) is 36.0 Å². The Morgan fingerprint density at radius 3 is 2.41 bits per heavy atom. The molecule has 0 unspecified atom stereocenters. The SMILES string of the molecule is CCC[C@@H](Cc1ccc(-c2cc(Cl)ccc2Cl)cc1)NC(=O)c1cnc(CC)o1.O=C=O. The van der Waals surface area contributed by atoms with E-state index < -0.39 is 0 Å². The molecule has 168 valence electrons. The first-order valence-electron chi connectivity index (χ1n) is 10.2. The van der Waals surface area contributed by atoms with E-state index in [0.29, 0.717) is 22.4 Å². The lowest BCUT2D eigenvalue weighted by Gasteiger charge is -2.18. The summed E-state index contributed by atoms with van der Waals surface area (Å²) < 4.78 is 5.46. The Labute approximate surface area is 196 Å². The van der Waals surface area contributed by atoms with Crippen molar-refractivity contribution in [1.82, 2.24) is 10.3 Å². The highest BCUT2D eigenvalue weighted by Gasteiger charge is 2.17. The van der Waals surface area contributed by atoms with Crippen molar-refractivity contribution in [2.45, 2.75) is 45.6 Å². The molecule has 1 N–H and O–H groups in total. The van der Waals surface area contributed by atoms with Gasteiger partial charge in [0, 0.05) is 28.1 Å². The Bertz CT molecular complexity index is 1060.